The summed E-state index contributed by atoms with van der Waals surface area (Å²) in [6, 6.07) is 10.2. The lowest BCUT2D eigenvalue weighted by Gasteiger charge is -2.23. The van der Waals surface area contributed by atoms with E-state index in [9.17, 15) is 5.11 Å². The molecule has 19 heavy (non-hydrogen) atoms. The van der Waals surface area contributed by atoms with Gasteiger partial charge < -0.3 is 9.84 Å². The van der Waals surface area contributed by atoms with Crippen LogP contribution in [0, 0.1) is 0 Å². The molecule has 1 aliphatic rings. The average molecular weight is 298 g/mol. The predicted molar refractivity (Wildman–Crippen MR) is 84.7 cm³/mol. The minimum absolute atomic E-state index is 0.223. The van der Waals surface area contributed by atoms with E-state index in [1.807, 2.05) is 41.7 Å². The van der Waals surface area contributed by atoms with Gasteiger partial charge in [-0.2, -0.15) is 0 Å². The molecule has 1 fully saturated rings. The molecule has 1 heterocycles. The normalized spacial score (nSPS) is 18.4. The number of benzene rings is 1. The summed E-state index contributed by atoms with van der Waals surface area (Å²) < 4.78 is 6.19. The molecule has 1 N–H and O–H groups in total. The van der Waals surface area contributed by atoms with Crippen LogP contribution >= 0.6 is 23.5 Å². The fourth-order valence-electron chi connectivity index (χ4n) is 2.00. The van der Waals surface area contributed by atoms with Crippen molar-refractivity contribution in [3.63, 3.8) is 0 Å². The second-order valence-electron chi connectivity index (χ2n) is 4.74. The minimum Gasteiger partial charge on any atom is -0.393 e. The molecule has 0 aromatic heterocycles. The summed E-state index contributed by atoms with van der Waals surface area (Å²) in [5.74, 6) is 2.49. The first-order valence-corrected chi connectivity index (χ1v) is 8.97. The first kappa shape index (κ1) is 15.2. The molecule has 1 aromatic carbocycles. The first-order chi connectivity index (χ1) is 9.34. The maximum absolute atomic E-state index is 9.99. The van der Waals surface area contributed by atoms with Crippen LogP contribution in [0.4, 0.5) is 0 Å². The van der Waals surface area contributed by atoms with E-state index in [1.165, 1.54) is 23.5 Å². The summed E-state index contributed by atoms with van der Waals surface area (Å²) in [5.41, 5.74) is 1.19. The zero-order chi connectivity index (χ0) is 13.3. The highest BCUT2D eigenvalue weighted by Crippen LogP contribution is 2.33. The third-order valence-corrected chi connectivity index (χ3v) is 6.06. The lowest BCUT2D eigenvalue weighted by Crippen LogP contribution is -2.18. The van der Waals surface area contributed by atoms with E-state index < -0.39 is 0 Å². The van der Waals surface area contributed by atoms with Crippen molar-refractivity contribution in [3.8, 4) is 0 Å². The molecule has 2 nitrogen and oxygen atoms in total. The van der Waals surface area contributed by atoms with Crippen LogP contribution in [0.2, 0.25) is 0 Å². The van der Waals surface area contributed by atoms with Crippen molar-refractivity contribution < 1.29 is 9.84 Å². The minimum atomic E-state index is -0.223. The SMILES string of the molecule is OC(CCOCc1ccccc1)CC1SCCCS1. The summed E-state index contributed by atoms with van der Waals surface area (Å²) >= 11 is 3.98. The fourth-order valence-corrected chi connectivity index (χ4v) is 5.01. The Hall–Kier alpha value is -0.160. The highest BCUT2D eigenvalue weighted by molar-refractivity contribution is 8.17. The van der Waals surface area contributed by atoms with E-state index in [1.54, 1.807) is 0 Å². The van der Waals surface area contributed by atoms with Gasteiger partial charge in [0.1, 0.15) is 0 Å². The molecule has 106 valence electrons. The summed E-state index contributed by atoms with van der Waals surface area (Å²) in [7, 11) is 0. The van der Waals surface area contributed by atoms with Gasteiger partial charge in [0, 0.05) is 6.61 Å². The number of rotatable bonds is 7. The van der Waals surface area contributed by atoms with Crippen molar-refractivity contribution >= 4 is 23.5 Å². The van der Waals surface area contributed by atoms with Crippen molar-refractivity contribution in [3.05, 3.63) is 35.9 Å². The Kier molecular flexibility index (Phi) is 7.14. The van der Waals surface area contributed by atoms with Crippen LogP contribution in [0.25, 0.3) is 0 Å². The van der Waals surface area contributed by atoms with Crippen LogP contribution in [0.5, 0.6) is 0 Å². The Morgan fingerprint density at radius 2 is 1.95 bits per heavy atom. The lowest BCUT2D eigenvalue weighted by molar-refractivity contribution is 0.0718. The van der Waals surface area contributed by atoms with E-state index >= 15 is 0 Å². The van der Waals surface area contributed by atoms with Crippen molar-refractivity contribution in [1.82, 2.24) is 0 Å². The molecule has 1 saturated heterocycles. The van der Waals surface area contributed by atoms with E-state index in [2.05, 4.69) is 12.1 Å². The first-order valence-electron chi connectivity index (χ1n) is 6.87. The zero-order valence-corrected chi connectivity index (χ0v) is 12.8. The van der Waals surface area contributed by atoms with Gasteiger partial charge in [-0.25, -0.2) is 0 Å². The molecular weight excluding hydrogens is 276 g/mol. The van der Waals surface area contributed by atoms with Gasteiger partial charge in [0.25, 0.3) is 0 Å². The fraction of sp³-hybridized carbons (Fsp3) is 0.600. The van der Waals surface area contributed by atoms with Crippen LogP contribution in [0.3, 0.4) is 0 Å². The third kappa shape index (κ3) is 6.21. The molecule has 1 aliphatic heterocycles. The Balaban J connectivity index is 1.55. The molecule has 2 rings (SSSR count). The second kappa shape index (κ2) is 8.90. The molecule has 4 heteroatoms. The number of hydrogen-bond acceptors (Lipinski definition) is 4. The largest absolute Gasteiger partial charge is 0.393 e. The molecule has 0 saturated carbocycles. The van der Waals surface area contributed by atoms with Crippen molar-refractivity contribution in [2.45, 2.75) is 36.6 Å². The number of aliphatic hydroxyl groups is 1. The zero-order valence-electron chi connectivity index (χ0n) is 11.2. The van der Waals surface area contributed by atoms with E-state index in [4.69, 9.17) is 4.74 Å². The van der Waals surface area contributed by atoms with Crippen molar-refractivity contribution in [2.24, 2.45) is 0 Å². The molecule has 0 bridgehead atoms. The number of aliphatic hydroxyl groups excluding tert-OH is 1. The van der Waals surface area contributed by atoms with Gasteiger partial charge in [-0.05, 0) is 36.3 Å². The molecule has 0 spiro atoms. The standard InChI is InChI=1S/C15H22O2S2/c16-14(11-15-18-9-4-10-19-15)7-8-17-12-13-5-2-1-3-6-13/h1-3,5-6,14-16H,4,7-12H2. The van der Waals surface area contributed by atoms with E-state index in [0.29, 0.717) is 17.8 Å². The molecule has 0 aliphatic carbocycles. The summed E-state index contributed by atoms with van der Waals surface area (Å²) in [5, 5.41) is 9.99. The number of ether oxygens (including phenoxy) is 1. The van der Waals surface area contributed by atoms with E-state index in [0.717, 1.165) is 12.8 Å². The Morgan fingerprint density at radius 3 is 2.68 bits per heavy atom. The smallest absolute Gasteiger partial charge is 0.0716 e. The third-order valence-electron chi connectivity index (χ3n) is 3.07. The summed E-state index contributed by atoms with van der Waals surface area (Å²) in [6.07, 6.45) is 2.72. The molecular formula is C15H22O2S2. The van der Waals surface area contributed by atoms with Crippen LogP contribution in [0.1, 0.15) is 24.8 Å². The van der Waals surface area contributed by atoms with Gasteiger partial charge in [-0.15, -0.1) is 23.5 Å². The predicted octanol–water partition coefficient (Wildman–Crippen LogP) is 3.54. The van der Waals surface area contributed by atoms with Gasteiger partial charge in [0.05, 0.1) is 17.3 Å². The molecule has 1 aromatic rings. The Morgan fingerprint density at radius 1 is 1.21 bits per heavy atom. The van der Waals surface area contributed by atoms with Crippen molar-refractivity contribution in [1.29, 1.82) is 0 Å². The van der Waals surface area contributed by atoms with E-state index in [-0.39, 0.29) is 6.10 Å². The van der Waals surface area contributed by atoms with Gasteiger partial charge in [-0.3, -0.25) is 0 Å². The van der Waals surface area contributed by atoms with Crippen LogP contribution in [-0.2, 0) is 11.3 Å². The Bertz CT molecular complexity index is 339. The quantitative estimate of drug-likeness (QED) is 0.780. The summed E-state index contributed by atoms with van der Waals surface area (Å²) in [6.45, 7) is 1.28. The highest BCUT2D eigenvalue weighted by Gasteiger charge is 2.18. The second-order valence-corrected chi connectivity index (χ2v) is 7.66. The van der Waals surface area contributed by atoms with Gasteiger partial charge in [-0.1, -0.05) is 30.3 Å². The average Bonchev–Trinajstić information content (AvgIpc) is 2.46. The van der Waals surface area contributed by atoms with Crippen LogP contribution < -0.4 is 0 Å². The van der Waals surface area contributed by atoms with Gasteiger partial charge >= 0.3 is 0 Å². The topological polar surface area (TPSA) is 29.5 Å². The van der Waals surface area contributed by atoms with Gasteiger partial charge in [0.2, 0.25) is 0 Å². The number of thioether (sulfide) groups is 2. The molecule has 0 amide bonds. The molecule has 0 radical (unpaired) electrons. The number of hydrogen-bond donors (Lipinski definition) is 1. The Labute approximate surface area is 124 Å². The molecule has 1 atom stereocenters. The van der Waals surface area contributed by atoms with Crippen molar-refractivity contribution in [2.75, 3.05) is 18.1 Å². The van der Waals surface area contributed by atoms with Gasteiger partial charge in [0.15, 0.2) is 0 Å². The lowest BCUT2D eigenvalue weighted by atomic mass is 10.2. The maximum Gasteiger partial charge on any atom is 0.0716 e. The molecule has 1 unspecified atom stereocenters. The van der Waals surface area contributed by atoms with Crippen LogP contribution in [0.15, 0.2) is 30.3 Å². The monoisotopic (exact) mass is 298 g/mol. The highest BCUT2D eigenvalue weighted by atomic mass is 32.2. The maximum atomic E-state index is 9.99. The van der Waals surface area contributed by atoms with Crippen LogP contribution in [-0.4, -0.2) is 33.9 Å². The summed E-state index contributed by atoms with van der Waals surface area (Å²) in [4.78, 5) is 0.